The number of amides is 2. The lowest BCUT2D eigenvalue weighted by Crippen LogP contribution is -2.22. The van der Waals surface area contributed by atoms with Gasteiger partial charge in [0.15, 0.2) is 20.1 Å². The van der Waals surface area contributed by atoms with Crippen LogP contribution in [0.1, 0.15) is 41.7 Å². The highest BCUT2D eigenvalue weighted by Gasteiger charge is 2.29. The highest BCUT2D eigenvalue weighted by molar-refractivity contribution is 7.93. The first-order chi connectivity index (χ1) is 17.7. The summed E-state index contributed by atoms with van der Waals surface area (Å²) in [5, 5.41) is 13.9. The van der Waals surface area contributed by atoms with Crippen LogP contribution in [0.4, 0.5) is 15.6 Å². The lowest BCUT2D eigenvalue weighted by atomic mass is 9.95. The molecule has 3 N–H and O–H groups in total. The van der Waals surface area contributed by atoms with Gasteiger partial charge in [0.05, 0.1) is 24.9 Å². The van der Waals surface area contributed by atoms with E-state index in [1.54, 1.807) is 24.3 Å². The van der Waals surface area contributed by atoms with E-state index in [9.17, 15) is 27.9 Å². The molecule has 1 fully saturated rings. The summed E-state index contributed by atoms with van der Waals surface area (Å²) >= 11 is 0.618. The summed E-state index contributed by atoms with van der Waals surface area (Å²) in [6.45, 7) is 0. The first-order valence-corrected chi connectivity index (χ1v) is 13.7. The minimum atomic E-state index is -4.17. The molecule has 3 aromatic rings. The van der Waals surface area contributed by atoms with Crippen LogP contribution in [0.15, 0.2) is 51.8 Å². The van der Waals surface area contributed by atoms with Crippen LogP contribution in [0.2, 0.25) is 0 Å². The number of Topliss-reactive ketones (excluding diaryl/α,β-unsaturated/α-hetero) is 1. The normalized spacial score (nSPS) is 13.8. The van der Waals surface area contributed by atoms with Crippen molar-refractivity contribution in [3.63, 3.8) is 0 Å². The van der Waals surface area contributed by atoms with Gasteiger partial charge in [0.2, 0.25) is 9.84 Å². The van der Waals surface area contributed by atoms with Gasteiger partial charge in [-0.05, 0) is 43.2 Å². The molecule has 0 aliphatic heterocycles. The fraction of sp³-hybridized carbons (Fsp3) is 0.292. The topological polar surface area (TPSA) is 165 Å². The van der Waals surface area contributed by atoms with E-state index in [-0.39, 0.29) is 37.4 Å². The van der Waals surface area contributed by atoms with Gasteiger partial charge < -0.3 is 15.2 Å². The summed E-state index contributed by atoms with van der Waals surface area (Å²) in [4.78, 5) is 45.1. The number of pyridine rings is 1. The predicted octanol–water partition coefficient (Wildman–Crippen LogP) is 4.02. The molecule has 0 unspecified atom stereocenters. The van der Waals surface area contributed by atoms with E-state index in [1.165, 1.54) is 25.4 Å². The van der Waals surface area contributed by atoms with Crippen molar-refractivity contribution in [1.82, 2.24) is 9.97 Å². The number of nitrogens with one attached hydrogen (secondary N) is 2. The fourth-order valence-electron chi connectivity index (χ4n) is 4.08. The molecule has 4 rings (SSSR count). The Hall–Kier alpha value is -3.84. The summed E-state index contributed by atoms with van der Waals surface area (Å²) in [5.74, 6) is -1.04. The number of hydrogen-bond donors (Lipinski definition) is 3. The summed E-state index contributed by atoms with van der Waals surface area (Å²) in [6.07, 6.45) is 4.13. The number of methoxy groups -OCH3 is 1. The van der Waals surface area contributed by atoms with Crippen LogP contribution in [0.5, 0.6) is 5.75 Å². The zero-order chi connectivity index (χ0) is 26.6. The van der Waals surface area contributed by atoms with Gasteiger partial charge >= 0.3 is 12.0 Å². The Bertz CT molecular complexity index is 1430. The van der Waals surface area contributed by atoms with Gasteiger partial charge in [-0.15, -0.1) is 0 Å². The number of ketones is 1. The van der Waals surface area contributed by atoms with Gasteiger partial charge in [-0.1, -0.05) is 30.2 Å². The number of carbonyl (C=O) groups excluding carboxylic acids is 2. The van der Waals surface area contributed by atoms with Gasteiger partial charge in [-0.3, -0.25) is 14.9 Å². The smallest absolute Gasteiger partial charge is 0.325 e. The van der Waals surface area contributed by atoms with E-state index < -0.39 is 28.3 Å². The van der Waals surface area contributed by atoms with Gasteiger partial charge in [-0.25, -0.2) is 23.2 Å². The number of anilines is 2. The molecule has 2 amide bonds. The first-order valence-electron chi connectivity index (χ1n) is 11.4. The molecular formula is C24H24N4O7S2. The minimum absolute atomic E-state index is 0.0894. The molecule has 0 spiro atoms. The van der Waals surface area contributed by atoms with E-state index in [0.29, 0.717) is 22.6 Å². The second-order valence-electron chi connectivity index (χ2n) is 8.33. The van der Waals surface area contributed by atoms with E-state index >= 15 is 0 Å². The van der Waals surface area contributed by atoms with Gasteiger partial charge in [0.25, 0.3) is 0 Å². The van der Waals surface area contributed by atoms with Crippen LogP contribution in [-0.2, 0) is 21.1 Å². The molecule has 1 aliphatic carbocycles. The molecule has 194 valence electrons. The number of carbonyl (C=O) groups is 3. The van der Waals surface area contributed by atoms with Gasteiger partial charge in [-0.2, -0.15) is 0 Å². The van der Waals surface area contributed by atoms with Crippen molar-refractivity contribution in [3.05, 3.63) is 53.9 Å². The number of aromatic nitrogens is 2. The number of ether oxygens (including phenoxy) is 1. The van der Waals surface area contributed by atoms with Crippen LogP contribution in [0.3, 0.4) is 0 Å². The highest BCUT2D eigenvalue weighted by Crippen LogP contribution is 2.34. The summed E-state index contributed by atoms with van der Waals surface area (Å²) in [6, 6.07) is 8.27. The number of urea groups is 1. The molecule has 0 atom stereocenters. The molecule has 2 aromatic heterocycles. The van der Waals surface area contributed by atoms with E-state index in [4.69, 9.17) is 4.74 Å². The molecule has 0 radical (unpaired) electrons. The van der Waals surface area contributed by atoms with Crippen molar-refractivity contribution < 1.29 is 32.6 Å². The number of nitrogens with zero attached hydrogens (tertiary/aromatic N) is 2. The van der Waals surface area contributed by atoms with Gasteiger partial charge in [0, 0.05) is 17.7 Å². The molecule has 1 aliphatic rings. The molecule has 13 heteroatoms. The van der Waals surface area contributed by atoms with Crippen LogP contribution in [0, 0.1) is 5.92 Å². The molecular weight excluding hydrogens is 520 g/mol. The molecule has 1 aromatic carbocycles. The van der Waals surface area contributed by atoms with Crippen LogP contribution in [-0.4, -0.2) is 48.4 Å². The third kappa shape index (κ3) is 5.94. The highest BCUT2D eigenvalue weighted by atomic mass is 32.2. The second kappa shape index (κ2) is 11.0. The average Bonchev–Trinajstić information content (AvgIpc) is 3.55. The maximum Gasteiger partial charge on any atom is 0.325 e. The summed E-state index contributed by atoms with van der Waals surface area (Å²) in [7, 11) is -2.69. The Morgan fingerprint density at radius 2 is 1.89 bits per heavy atom. The lowest BCUT2D eigenvalue weighted by Gasteiger charge is -2.15. The van der Waals surface area contributed by atoms with E-state index in [0.717, 1.165) is 25.7 Å². The standard InChI is InChI=1S/C24H24N4O7S2/c1-35-15-9-10-17(16(12-15)21(31)14-6-2-3-7-14)26-23(32)28-24-27-18(13-20(29)30)22(36-24)37(33,34)19-8-4-5-11-25-19/h4-5,8-12,14H,2-3,6-7,13H2,1H3,(H,29,30)(H2,26,27,28,32). The molecule has 11 nitrogen and oxygen atoms in total. The van der Waals surface area contributed by atoms with Crippen molar-refractivity contribution in [2.24, 2.45) is 5.92 Å². The first kappa shape index (κ1) is 26.2. The average molecular weight is 545 g/mol. The van der Waals surface area contributed by atoms with Crippen molar-refractivity contribution in [1.29, 1.82) is 0 Å². The zero-order valence-corrected chi connectivity index (χ0v) is 21.4. The number of hydrogen-bond acceptors (Lipinski definition) is 9. The SMILES string of the molecule is COc1ccc(NC(=O)Nc2nc(CC(=O)O)c(S(=O)(=O)c3ccccn3)s2)c(C(=O)C2CCCC2)c1. The van der Waals surface area contributed by atoms with Crippen LogP contribution in [0.25, 0.3) is 0 Å². The third-order valence-corrected chi connectivity index (χ3v) is 9.06. The van der Waals surface area contributed by atoms with E-state index in [1.807, 2.05) is 0 Å². The summed E-state index contributed by atoms with van der Waals surface area (Å²) < 4.78 is 31.1. The molecule has 0 saturated heterocycles. The Morgan fingerprint density at radius 1 is 1.14 bits per heavy atom. The van der Waals surface area contributed by atoms with Crippen molar-refractivity contribution in [2.45, 2.75) is 41.3 Å². The quantitative estimate of drug-likeness (QED) is 0.337. The molecule has 0 bridgehead atoms. The summed E-state index contributed by atoms with van der Waals surface area (Å²) in [5.41, 5.74) is 0.351. The van der Waals surface area contributed by atoms with Crippen LogP contribution < -0.4 is 15.4 Å². The molecule has 37 heavy (non-hydrogen) atoms. The predicted molar refractivity (Wildman–Crippen MR) is 135 cm³/mol. The van der Waals surface area contributed by atoms with Crippen molar-refractivity contribution >= 4 is 49.8 Å². The number of sulfone groups is 1. The number of carboxylic acids is 1. The fourth-order valence-corrected chi connectivity index (χ4v) is 6.80. The number of thiazole rings is 1. The number of aliphatic carboxylic acids is 1. The van der Waals surface area contributed by atoms with Gasteiger partial charge in [0.1, 0.15) is 5.75 Å². The maximum absolute atomic E-state index is 13.1. The third-order valence-electron chi connectivity index (χ3n) is 5.82. The Labute approximate surface area is 216 Å². The minimum Gasteiger partial charge on any atom is -0.497 e. The van der Waals surface area contributed by atoms with Crippen molar-refractivity contribution in [3.8, 4) is 5.75 Å². The van der Waals surface area contributed by atoms with Crippen LogP contribution >= 0.6 is 11.3 Å². The maximum atomic E-state index is 13.1. The van der Waals surface area contributed by atoms with E-state index in [2.05, 4.69) is 20.6 Å². The number of benzene rings is 1. The molecule has 1 saturated carbocycles. The van der Waals surface area contributed by atoms with Crippen molar-refractivity contribution in [2.75, 3.05) is 17.7 Å². The molecule has 2 heterocycles. The zero-order valence-electron chi connectivity index (χ0n) is 19.8. The Morgan fingerprint density at radius 3 is 2.54 bits per heavy atom. The monoisotopic (exact) mass is 544 g/mol. The second-order valence-corrected chi connectivity index (χ2v) is 11.4. The Balaban J connectivity index is 1.59. The number of carboxylic acid groups (broad SMARTS) is 1. The largest absolute Gasteiger partial charge is 0.497 e. The number of rotatable bonds is 9. The lowest BCUT2D eigenvalue weighted by molar-refractivity contribution is -0.136. The Kier molecular flexibility index (Phi) is 7.83.